The molecule has 0 unspecified atom stereocenters. The zero-order valence-corrected chi connectivity index (χ0v) is 13.1. The number of benzene rings is 1. The van der Waals surface area contributed by atoms with E-state index >= 15 is 0 Å². The molecule has 0 fully saturated rings. The topological polar surface area (TPSA) is 13.1 Å². The quantitative estimate of drug-likeness (QED) is 0.778. The summed E-state index contributed by atoms with van der Waals surface area (Å²) in [5.41, 5.74) is 3.04. The van der Waals surface area contributed by atoms with E-state index in [1.54, 1.807) is 0 Å². The number of aromatic nitrogens is 1. The number of fused-ring (bicyclic) bond motifs is 1. The van der Waals surface area contributed by atoms with Crippen molar-refractivity contribution in [3.05, 3.63) is 58.3 Å². The van der Waals surface area contributed by atoms with Crippen LogP contribution in [0.2, 0.25) is 0 Å². The fraction of sp³-hybridized carbons (Fsp3) is 0.353. The van der Waals surface area contributed by atoms with Crippen molar-refractivity contribution in [2.75, 3.05) is 6.61 Å². The van der Waals surface area contributed by atoms with E-state index in [9.17, 15) is 0 Å². The summed E-state index contributed by atoms with van der Waals surface area (Å²) in [7, 11) is 0. The van der Waals surface area contributed by atoms with E-state index in [1.807, 2.05) is 24.3 Å². The minimum absolute atomic E-state index is 0.694. The van der Waals surface area contributed by atoms with Crippen LogP contribution in [0.5, 0.6) is 5.75 Å². The molecule has 1 aliphatic carbocycles. The summed E-state index contributed by atoms with van der Waals surface area (Å²) in [6.45, 7) is 1.58. The molecule has 0 amide bonds. The van der Waals surface area contributed by atoms with E-state index in [2.05, 4.69) is 39.0 Å². The van der Waals surface area contributed by atoms with Gasteiger partial charge in [-0.15, -0.1) is 0 Å². The third kappa shape index (κ3) is 3.40. The van der Waals surface area contributed by atoms with Gasteiger partial charge < -0.3 is 4.74 Å². The van der Waals surface area contributed by atoms with E-state index in [1.165, 1.54) is 36.8 Å². The summed E-state index contributed by atoms with van der Waals surface area (Å²) in [6, 6.07) is 10.3. The molecule has 2 aromatic rings. The second-order valence-corrected chi connectivity index (χ2v) is 6.16. The number of hydrogen-bond acceptors (Lipinski definition) is 1. The monoisotopic (exact) mass is 332 g/mol. The van der Waals surface area contributed by atoms with E-state index < -0.39 is 0 Å². The van der Waals surface area contributed by atoms with Crippen molar-refractivity contribution < 1.29 is 9.30 Å². The molecule has 0 spiro atoms. The molecule has 0 radical (unpaired) electrons. The molecule has 2 nitrogen and oxygen atoms in total. The molecule has 0 atom stereocenters. The maximum absolute atomic E-state index is 5.78. The lowest BCUT2D eigenvalue weighted by Crippen LogP contribution is -2.37. The second kappa shape index (κ2) is 6.40. The van der Waals surface area contributed by atoms with Crippen LogP contribution in [0.15, 0.2) is 47.2 Å². The van der Waals surface area contributed by atoms with Gasteiger partial charge in [0.05, 0.1) is 0 Å². The van der Waals surface area contributed by atoms with Gasteiger partial charge in [-0.2, -0.15) is 0 Å². The van der Waals surface area contributed by atoms with Crippen molar-refractivity contribution in [2.45, 2.75) is 32.2 Å². The fourth-order valence-electron chi connectivity index (χ4n) is 2.68. The first-order valence-corrected chi connectivity index (χ1v) is 8.00. The highest BCUT2D eigenvalue weighted by atomic mass is 79.9. The Morgan fingerprint density at radius 3 is 2.80 bits per heavy atom. The van der Waals surface area contributed by atoms with Gasteiger partial charge >= 0.3 is 0 Å². The Morgan fingerprint density at radius 1 is 1.10 bits per heavy atom. The minimum Gasteiger partial charge on any atom is -0.487 e. The third-order valence-electron chi connectivity index (χ3n) is 3.76. The predicted octanol–water partition coefficient (Wildman–Crippen LogP) is 3.69. The standard InChI is InChI=1S/C17H19BrNO/c18-16-6-3-7-17(12-16)20-11-10-19-9-8-14-4-1-2-5-15(14)13-19/h3,6-9,12-13H,1-2,4-5,10-11H2/q+1. The summed E-state index contributed by atoms with van der Waals surface area (Å²) in [5, 5.41) is 0. The Balaban J connectivity index is 1.58. The molecule has 20 heavy (non-hydrogen) atoms. The predicted molar refractivity (Wildman–Crippen MR) is 82.9 cm³/mol. The maximum Gasteiger partial charge on any atom is 0.182 e. The first-order valence-electron chi connectivity index (χ1n) is 7.20. The molecule has 1 heterocycles. The third-order valence-corrected chi connectivity index (χ3v) is 4.25. The van der Waals surface area contributed by atoms with Crippen molar-refractivity contribution >= 4 is 15.9 Å². The molecular weight excluding hydrogens is 314 g/mol. The van der Waals surface area contributed by atoms with Crippen molar-refractivity contribution in [2.24, 2.45) is 0 Å². The van der Waals surface area contributed by atoms with Crippen LogP contribution in [0.3, 0.4) is 0 Å². The number of nitrogens with zero attached hydrogens (tertiary/aromatic N) is 1. The molecular formula is C17H19BrNO+. The Labute approximate surface area is 128 Å². The van der Waals surface area contributed by atoms with Crippen LogP contribution in [0.1, 0.15) is 24.0 Å². The smallest absolute Gasteiger partial charge is 0.182 e. The lowest BCUT2D eigenvalue weighted by atomic mass is 9.93. The average molecular weight is 333 g/mol. The normalized spacial score (nSPS) is 13.8. The Kier molecular flexibility index (Phi) is 4.36. The van der Waals surface area contributed by atoms with Crippen LogP contribution >= 0.6 is 15.9 Å². The highest BCUT2D eigenvalue weighted by Crippen LogP contribution is 2.19. The van der Waals surface area contributed by atoms with Crippen LogP contribution in [0.4, 0.5) is 0 Å². The lowest BCUT2D eigenvalue weighted by molar-refractivity contribution is -0.698. The average Bonchev–Trinajstić information content (AvgIpc) is 2.47. The van der Waals surface area contributed by atoms with E-state index in [-0.39, 0.29) is 0 Å². The molecule has 0 saturated heterocycles. The van der Waals surface area contributed by atoms with Crippen LogP contribution < -0.4 is 9.30 Å². The van der Waals surface area contributed by atoms with Gasteiger partial charge in [0.2, 0.25) is 0 Å². The van der Waals surface area contributed by atoms with Crippen molar-refractivity contribution in [3.63, 3.8) is 0 Å². The Bertz CT molecular complexity index is 597. The zero-order chi connectivity index (χ0) is 13.8. The summed E-state index contributed by atoms with van der Waals surface area (Å²) in [5.74, 6) is 0.915. The highest BCUT2D eigenvalue weighted by molar-refractivity contribution is 9.10. The number of pyridine rings is 1. The second-order valence-electron chi connectivity index (χ2n) is 5.25. The Hall–Kier alpha value is -1.35. The molecule has 1 aromatic heterocycles. The van der Waals surface area contributed by atoms with Crippen LogP contribution in [-0.2, 0) is 19.4 Å². The highest BCUT2D eigenvalue weighted by Gasteiger charge is 2.13. The van der Waals surface area contributed by atoms with E-state index in [0.29, 0.717) is 6.61 Å². The summed E-state index contributed by atoms with van der Waals surface area (Å²) in [6.07, 6.45) is 9.59. The van der Waals surface area contributed by atoms with Gasteiger partial charge in [-0.05, 0) is 49.4 Å². The van der Waals surface area contributed by atoms with Gasteiger partial charge in [-0.25, -0.2) is 4.57 Å². The first kappa shape index (κ1) is 13.6. The van der Waals surface area contributed by atoms with Gasteiger partial charge in [-0.3, -0.25) is 0 Å². The number of halogens is 1. The maximum atomic E-state index is 5.78. The zero-order valence-electron chi connectivity index (χ0n) is 11.5. The molecule has 0 saturated carbocycles. The van der Waals surface area contributed by atoms with Gasteiger partial charge in [0.1, 0.15) is 12.4 Å². The summed E-state index contributed by atoms with van der Waals surface area (Å²) < 4.78 is 9.07. The molecule has 1 aliphatic rings. The van der Waals surface area contributed by atoms with Crippen molar-refractivity contribution in [3.8, 4) is 5.75 Å². The summed E-state index contributed by atoms with van der Waals surface area (Å²) >= 11 is 3.45. The molecule has 3 rings (SSSR count). The van der Waals surface area contributed by atoms with Gasteiger partial charge in [0.15, 0.2) is 18.9 Å². The molecule has 0 bridgehead atoms. The molecule has 0 aliphatic heterocycles. The van der Waals surface area contributed by atoms with Crippen LogP contribution in [-0.4, -0.2) is 6.61 Å². The number of ether oxygens (including phenoxy) is 1. The minimum atomic E-state index is 0.694. The number of hydrogen-bond donors (Lipinski definition) is 0. The van der Waals surface area contributed by atoms with Crippen LogP contribution in [0, 0.1) is 0 Å². The molecule has 3 heteroatoms. The fourth-order valence-corrected chi connectivity index (χ4v) is 3.06. The van der Waals surface area contributed by atoms with E-state index in [0.717, 1.165) is 16.8 Å². The molecule has 104 valence electrons. The summed E-state index contributed by atoms with van der Waals surface area (Å²) in [4.78, 5) is 0. The van der Waals surface area contributed by atoms with E-state index in [4.69, 9.17) is 4.74 Å². The number of aryl methyl sites for hydroxylation is 2. The van der Waals surface area contributed by atoms with Crippen molar-refractivity contribution in [1.82, 2.24) is 0 Å². The lowest BCUT2D eigenvalue weighted by Gasteiger charge is -2.13. The molecule has 0 N–H and O–H groups in total. The molecule has 1 aromatic carbocycles. The Morgan fingerprint density at radius 2 is 1.95 bits per heavy atom. The number of rotatable bonds is 4. The largest absolute Gasteiger partial charge is 0.487 e. The van der Waals surface area contributed by atoms with Gasteiger partial charge in [0.25, 0.3) is 0 Å². The van der Waals surface area contributed by atoms with Gasteiger partial charge in [-0.1, -0.05) is 22.0 Å². The SMILES string of the molecule is Brc1cccc(OCC[n+]2ccc3c(c2)CCCC3)c1. The van der Waals surface area contributed by atoms with Crippen molar-refractivity contribution in [1.29, 1.82) is 0 Å². The first-order chi connectivity index (χ1) is 9.81. The van der Waals surface area contributed by atoms with Gasteiger partial charge in [0, 0.05) is 16.1 Å². The van der Waals surface area contributed by atoms with Crippen LogP contribution in [0.25, 0.3) is 0 Å².